The van der Waals surface area contributed by atoms with Gasteiger partial charge < -0.3 is 4.74 Å². The van der Waals surface area contributed by atoms with Crippen molar-refractivity contribution in [1.82, 2.24) is 9.78 Å². The van der Waals surface area contributed by atoms with E-state index in [0.717, 1.165) is 11.4 Å². The standard InChI is InChI=1S/C13H17N3O3S/c1-9-6-12(4-5-13(9)20(14,17)18)19-8-11-7-10(2)15-16(11)3/h4-7H,8H2,1-3H3,(H2,14,17,18). The minimum absolute atomic E-state index is 0.112. The summed E-state index contributed by atoms with van der Waals surface area (Å²) in [4.78, 5) is 0.112. The minimum atomic E-state index is -3.69. The third kappa shape index (κ3) is 3.17. The van der Waals surface area contributed by atoms with Gasteiger partial charge in [-0.15, -0.1) is 0 Å². The lowest BCUT2D eigenvalue weighted by atomic mass is 10.2. The van der Waals surface area contributed by atoms with E-state index in [1.165, 1.54) is 6.07 Å². The molecule has 7 heteroatoms. The summed E-state index contributed by atoms with van der Waals surface area (Å²) in [5, 5.41) is 9.34. The van der Waals surface area contributed by atoms with E-state index < -0.39 is 10.0 Å². The largest absolute Gasteiger partial charge is 0.487 e. The van der Waals surface area contributed by atoms with Crippen LogP contribution in [0.4, 0.5) is 0 Å². The number of benzene rings is 1. The van der Waals surface area contributed by atoms with Crippen LogP contribution < -0.4 is 9.88 Å². The maximum Gasteiger partial charge on any atom is 0.238 e. The Labute approximate surface area is 118 Å². The first-order valence-corrected chi connectivity index (χ1v) is 7.58. The third-order valence-corrected chi connectivity index (χ3v) is 4.01. The van der Waals surface area contributed by atoms with Gasteiger partial charge in [0, 0.05) is 7.05 Å². The molecule has 2 aromatic rings. The van der Waals surface area contributed by atoms with Crippen LogP contribution in [0.3, 0.4) is 0 Å². The predicted octanol–water partition coefficient (Wildman–Crippen LogP) is 1.26. The second kappa shape index (κ2) is 5.26. The first kappa shape index (κ1) is 14.5. The van der Waals surface area contributed by atoms with Crippen LogP contribution in [-0.4, -0.2) is 18.2 Å². The molecule has 0 atom stereocenters. The number of rotatable bonds is 4. The van der Waals surface area contributed by atoms with Crippen molar-refractivity contribution in [2.75, 3.05) is 0 Å². The van der Waals surface area contributed by atoms with Crippen molar-refractivity contribution in [3.63, 3.8) is 0 Å². The number of primary sulfonamides is 1. The molecule has 0 saturated heterocycles. The average molecular weight is 295 g/mol. The molecule has 108 valence electrons. The van der Waals surface area contributed by atoms with Gasteiger partial charge in [0.05, 0.1) is 16.3 Å². The number of nitrogens with zero attached hydrogens (tertiary/aromatic N) is 2. The zero-order valence-electron chi connectivity index (χ0n) is 11.6. The summed E-state index contributed by atoms with van der Waals surface area (Å²) in [5.74, 6) is 0.591. The van der Waals surface area contributed by atoms with E-state index in [0.29, 0.717) is 17.9 Å². The quantitative estimate of drug-likeness (QED) is 0.920. The number of aromatic nitrogens is 2. The van der Waals surface area contributed by atoms with Crippen molar-refractivity contribution in [2.24, 2.45) is 12.2 Å². The molecule has 1 heterocycles. The summed E-state index contributed by atoms with van der Waals surface area (Å²) in [7, 11) is -1.84. The summed E-state index contributed by atoms with van der Waals surface area (Å²) in [5.41, 5.74) is 2.42. The second-order valence-corrected chi connectivity index (χ2v) is 6.19. The van der Waals surface area contributed by atoms with E-state index >= 15 is 0 Å². The molecule has 0 aliphatic heterocycles. The number of ether oxygens (including phenoxy) is 1. The van der Waals surface area contributed by atoms with Crippen LogP contribution in [-0.2, 0) is 23.7 Å². The molecule has 0 unspecified atom stereocenters. The zero-order chi connectivity index (χ0) is 14.9. The Kier molecular flexibility index (Phi) is 3.82. The fraction of sp³-hybridized carbons (Fsp3) is 0.308. The van der Waals surface area contributed by atoms with E-state index in [9.17, 15) is 8.42 Å². The Hall–Kier alpha value is -1.86. The van der Waals surface area contributed by atoms with Gasteiger partial charge in [-0.2, -0.15) is 5.10 Å². The molecule has 0 aliphatic rings. The molecule has 2 N–H and O–H groups in total. The second-order valence-electron chi connectivity index (χ2n) is 4.66. The van der Waals surface area contributed by atoms with E-state index in [1.54, 1.807) is 23.7 Å². The third-order valence-electron chi connectivity index (χ3n) is 2.94. The first-order valence-electron chi connectivity index (χ1n) is 6.03. The van der Waals surface area contributed by atoms with Gasteiger partial charge in [0.15, 0.2) is 0 Å². The van der Waals surface area contributed by atoms with Crippen LogP contribution in [0.2, 0.25) is 0 Å². The van der Waals surface area contributed by atoms with Crippen molar-refractivity contribution >= 4 is 10.0 Å². The molecule has 0 bridgehead atoms. The van der Waals surface area contributed by atoms with Gasteiger partial charge >= 0.3 is 0 Å². The summed E-state index contributed by atoms with van der Waals surface area (Å²) < 4.78 is 30.0. The highest BCUT2D eigenvalue weighted by atomic mass is 32.2. The highest BCUT2D eigenvalue weighted by molar-refractivity contribution is 7.89. The van der Waals surface area contributed by atoms with Crippen molar-refractivity contribution in [1.29, 1.82) is 0 Å². The van der Waals surface area contributed by atoms with Crippen LogP contribution in [0.15, 0.2) is 29.2 Å². The van der Waals surface area contributed by atoms with Crippen LogP contribution in [0.1, 0.15) is 17.0 Å². The highest BCUT2D eigenvalue weighted by Gasteiger charge is 2.12. The molecule has 0 radical (unpaired) electrons. The molecule has 6 nitrogen and oxygen atoms in total. The van der Waals surface area contributed by atoms with Crippen molar-refractivity contribution in [3.8, 4) is 5.75 Å². The number of hydrogen-bond acceptors (Lipinski definition) is 4. The van der Waals surface area contributed by atoms with Crippen molar-refractivity contribution in [2.45, 2.75) is 25.3 Å². The first-order chi connectivity index (χ1) is 9.27. The van der Waals surface area contributed by atoms with Gasteiger partial charge in [-0.3, -0.25) is 4.68 Å². The van der Waals surface area contributed by atoms with E-state index in [1.807, 2.05) is 20.0 Å². The summed E-state index contributed by atoms with van der Waals surface area (Å²) in [6.45, 7) is 3.96. The van der Waals surface area contributed by atoms with Gasteiger partial charge in [-0.05, 0) is 43.7 Å². The van der Waals surface area contributed by atoms with Gasteiger partial charge in [0.25, 0.3) is 0 Å². The maximum absolute atomic E-state index is 11.3. The normalized spacial score (nSPS) is 11.6. The van der Waals surface area contributed by atoms with Crippen LogP contribution in [0.5, 0.6) is 5.75 Å². The van der Waals surface area contributed by atoms with Gasteiger partial charge in [0.2, 0.25) is 10.0 Å². The van der Waals surface area contributed by atoms with Gasteiger partial charge in [-0.1, -0.05) is 0 Å². The van der Waals surface area contributed by atoms with Gasteiger partial charge in [0.1, 0.15) is 12.4 Å². The summed E-state index contributed by atoms with van der Waals surface area (Å²) in [6, 6.07) is 6.64. The highest BCUT2D eigenvalue weighted by Crippen LogP contribution is 2.21. The molecule has 20 heavy (non-hydrogen) atoms. The lowest BCUT2D eigenvalue weighted by Crippen LogP contribution is -2.13. The lowest BCUT2D eigenvalue weighted by Gasteiger charge is -2.09. The van der Waals surface area contributed by atoms with Crippen molar-refractivity contribution in [3.05, 3.63) is 41.2 Å². The molecule has 0 spiro atoms. The molecular weight excluding hydrogens is 278 g/mol. The Balaban J connectivity index is 2.15. The van der Waals surface area contributed by atoms with Gasteiger partial charge in [-0.25, -0.2) is 13.6 Å². The fourth-order valence-corrected chi connectivity index (χ4v) is 2.75. The molecule has 1 aromatic heterocycles. The zero-order valence-corrected chi connectivity index (χ0v) is 12.4. The fourth-order valence-electron chi connectivity index (χ4n) is 1.99. The average Bonchev–Trinajstić information content (AvgIpc) is 2.63. The number of sulfonamides is 1. The van der Waals surface area contributed by atoms with E-state index in [-0.39, 0.29) is 4.90 Å². The smallest absolute Gasteiger partial charge is 0.238 e. The number of hydrogen-bond donors (Lipinski definition) is 1. The molecule has 2 rings (SSSR count). The van der Waals surface area contributed by atoms with Crippen molar-refractivity contribution < 1.29 is 13.2 Å². The Morgan fingerprint density at radius 1 is 1.30 bits per heavy atom. The Morgan fingerprint density at radius 2 is 2.00 bits per heavy atom. The van der Waals surface area contributed by atoms with E-state index in [4.69, 9.17) is 9.88 Å². The molecule has 0 fully saturated rings. The Morgan fingerprint density at radius 3 is 2.50 bits per heavy atom. The molecular formula is C13H17N3O3S. The molecule has 0 aliphatic carbocycles. The summed E-state index contributed by atoms with van der Waals surface area (Å²) >= 11 is 0. The van der Waals surface area contributed by atoms with Crippen LogP contribution in [0.25, 0.3) is 0 Å². The lowest BCUT2D eigenvalue weighted by molar-refractivity contribution is 0.294. The Bertz CT molecular complexity index is 735. The maximum atomic E-state index is 11.3. The SMILES string of the molecule is Cc1cc(COc2ccc(S(N)(=O)=O)c(C)c2)n(C)n1. The van der Waals surface area contributed by atoms with Crippen LogP contribution in [0, 0.1) is 13.8 Å². The topological polar surface area (TPSA) is 87.2 Å². The molecule has 0 amide bonds. The molecule has 1 aromatic carbocycles. The molecule has 0 saturated carbocycles. The number of aryl methyl sites for hydroxylation is 3. The monoisotopic (exact) mass is 295 g/mol. The predicted molar refractivity (Wildman–Crippen MR) is 74.8 cm³/mol. The number of nitrogens with two attached hydrogens (primary N) is 1. The van der Waals surface area contributed by atoms with E-state index in [2.05, 4.69) is 5.10 Å². The van der Waals surface area contributed by atoms with Crippen LogP contribution >= 0.6 is 0 Å². The minimum Gasteiger partial charge on any atom is -0.487 e. The summed E-state index contributed by atoms with van der Waals surface area (Å²) in [6.07, 6.45) is 0.